The van der Waals surface area contributed by atoms with Gasteiger partial charge >= 0.3 is 5.69 Å². The number of nitro groups is 1. The zero-order valence-corrected chi connectivity index (χ0v) is 12.1. The molecule has 0 aromatic heterocycles. The number of nitrogens with zero attached hydrogens (tertiary/aromatic N) is 1. The van der Waals surface area contributed by atoms with Crippen LogP contribution in [-0.2, 0) is 9.53 Å². The molecule has 116 valence electrons. The van der Waals surface area contributed by atoms with E-state index < -0.39 is 4.92 Å². The van der Waals surface area contributed by atoms with Gasteiger partial charge in [-0.25, -0.2) is 0 Å². The number of carbonyl (C=O) groups is 1. The van der Waals surface area contributed by atoms with Crippen LogP contribution in [0.15, 0.2) is 18.2 Å². The summed E-state index contributed by atoms with van der Waals surface area (Å²) in [5.41, 5.74) is -0.257. The smallest absolute Gasteiger partial charge is 0.314 e. The molecule has 0 fully saturated rings. The molecule has 1 rings (SSSR count). The van der Waals surface area contributed by atoms with Crippen LogP contribution in [0.25, 0.3) is 0 Å². The third kappa shape index (κ3) is 5.27. The van der Waals surface area contributed by atoms with Crippen LogP contribution in [-0.4, -0.2) is 44.3 Å². The Kier molecular flexibility index (Phi) is 6.41. The number of hydrogen-bond donors (Lipinski definition) is 1. The topological polar surface area (TPSA) is 99.9 Å². The summed E-state index contributed by atoms with van der Waals surface area (Å²) in [5.74, 6) is -0.0350. The minimum absolute atomic E-state index is 0.00958. The van der Waals surface area contributed by atoms with Gasteiger partial charge in [0.1, 0.15) is 5.75 Å². The Balaban J connectivity index is 2.66. The molecule has 1 N–H and O–H groups in total. The van der Waals surface area contributed by atoms with Gasteiger partial charge in [-0.3, -0.25) is 14.9 Å². The first-order chi connectivity index (χ1) is 9.97. The molecule has 0 saturated carbocycles. The fraction of sp³-hybridized carbons (Fsp3) is 0.462. The molecule has 0 radical (unpaired) electrons. The van der Waals surface area contributed by atoms with Crippen LogP contribution >= 0.6 is 0 Å². The molecule has 0 heterocycles. The highest BCUT2D eigenvalue weighted by Gasteiger charge is 2.18. The molecule has 0 aliphatic rings. The van der Waals surface area contributed by atoms with Crippen molar-refractivity contribution in [2.75, 3.05) is 27.4 Å². The third-order valence-electron chi connectivity index (χ3n) is 2.55. The van der Waals surface area contributed by atoms with E-state index in [9.17, 15) is 14.9 Å². The second kappa shape index (κ2) is 8.05. The molecule has 0 bridgehead atoms. The quantitative estimate of drug-likeness (QED) is 0.570. The van der Waals surface area contributed by atoms with Crippen LogP contribution in [0.3, 0.4) is 0 Å². The molecule has 0 saturated heterocycles. The highest BCUT2D eigenvalue weighted by Crippen LogP contribution is 2.30. The molecule has 1 aromatic rings. The predicted molar refractivity (Wildman–Crippen MR) is 74.6 cm³/mol. The lowest BCUT2D eigenvalue weighted by atomic mass is 10.3. The number of hydrogen-bond acceptors (Lipinski definition) is 6. The summed E-state index contributed by atoms with van der Waals surface area (Å²) in [4.78, 5) is 22.0. The number of methoxy groups -OCH3 is 2. The average Bonchev–Trinajstić information content (AvgIpc) is 2.45. The van der Waals surface area contributed by atoms with Gasteiger partial charge in [-0.2, -0.15) is 0 Å². The molecule has 1 aromatic carbocycles. The van der Waals surface area contributed by atoms with Crippen molar-refractivity contribution in [3.05, 3.63) is 28.3 Å². The Morgan fingerprint density at radius 1 is 1.43 bits per heavy atom. The van der Waals surface area contributed by atoms with Crippen LogP contribution < -0.4 is 14.8 Å². The van der Waals surface area contributed by atoms with E-state index in [1.165, 1.54) is 32.4 Å². The predicted octanol–water partition coefficient (Wildman–Crippen LogP) is 1.13. The largest absolute Gasteiger partial charge is 0.496 e. The lowest BCUT2D eigenvalue weighted by Crippen LogP contribution is -2.38. The van der Waals surface area contributed by atoms with Gasteiger partial charge in [-0.1, -0.05) is 0 Å². The zero-order chi connectivity index (χ0) is 15.8. The van der Waals surface area contributed by atoms with Gasteiger partial charge in [0, 0.05) is 13.2 Å². The summed E-state index contributed by atoms with van der Waals surface area (Å²) in [7, 11) is 2.93. The SMILES string of the molecule is COCC(C)NC(=O)COc1ccc(OC)cc1[N+](=O)[O-]. The molecule has 0 spiro atoms. The monoisotopic (exact) mass is 298 g/mol. The maximum Gasteiger partial charge on any atom is 0.314 e. The minimum Gasteiger partial charge on any atom is -0.496 e. The average molecular weight is 298 g/mol. The Labute approximate surface area is 122 Å². The molecule has 1 amide bonds. The van der Waals surface area contributed by atoms with Gasteiger partial charge in [0.25, 0.3) is 5.91 Å². The van der Waals surface area contributed by atoms with E-state index in [0.29, 0.717) is 12.4 Å². The summed E-state index contributed by atoms with van der Waals surface area (Å²) in [6.07, 6.45) is 0. The summed E-state index contributed by atoms with van der Waals surface area (Å²) in [6.45, 7) is 1.83. The van der Waals surface area contributed by atoms with Gasteiger partial charge in [-0.15, -0.1) is 0 Å². The van der Waals surface area contributed by atoms with Gasteiger partial charge in [0.05, 0.1) is 24.7 Å². The van der Waals surface area contributed by atoms with Crippen LogP contribution in [0.5, 0.6) is 11.5 Å². The van der Waals surface area contributed by atoms with E-state index in [2.05, 4.69) is 5.32 Å². The number of nitrogens with one attached hydrogen (secondary N) is 1. The Morgan fingerprint density at radius 3 is 2.71 bits per heavy atom. The second-order valence-corrected chi connectivity index (χ2v) is 4.30. The number of benzene rings is 1. The van der Waals surface area contributed by atoms with Crippen LogP contribution in [0.4, 0.5) is 5.69 Å². The summed E-state index contributed by atoms with van der Waals surface area (Å²) >= 11 is 0. The van der Waals surface area contributed by atoms with Crippen molar-refractivity contribution in [1.29, 1.82) is 0 Å². The van der Waals surface area contributed by atoms with E-state index >= 15 is 0 Å². The molecule has 0 aliphatic heterocycles. The summed E-state index contributed by atoms with van der Waals surface area (Å²) in [5, 5.41) is 13.6. The number of rotatable bonds is 8. The van der Waals surface area contributed by atoms with Crippen molar-refractivity contribution in [2.45, 2.75) is 13.0 Å². The van der Waals surface area contributed by atoms with E-state index in [1.54, 1.807) is 6.92 Å². The zero-order valence-electron chi connectivity index (χ0n) is 12.1. The lowest BCUT2D eigenvalue weighted by molar-refractivity contribution is -0.385. The Bertz CT molecular complexity index is 505. The highest BCUT2D eigenvalue weighted by atomic mass is 16.6. The van der Waals surface area contributed by atoms with Crippen LogP contribution in [0.2, 0.25) is 0 Å². The molecule has 1 unspecified atom stereocenters. The number of ether oxygens (including phenoxy) is 3. The van der Waals surface area contributed by atoms with E-state index in [4.69, 9.17) is 14.2 Å². The third-order valence-corrected chi connectivity index (χ3v) is 2.55. The Hall–Kier alpha value is -2.35. The number of carbonyl (C=O) groups excluding carboxylic acids is 1. The normalized spacial score (nSPS) is 11.6. The van der Waals surface area contributed by atoms with Gasteiger partial charge in [-0.05, 0) is 19.1 Å². The Morgan fingerprint density at radius 2 is 2.14 bits per heavy atom. The van der Waals surface area contributed by atoms with Crippen molar-refractivity contribution in [3.63, 3.8) is 0 Å². The maximum atomic E-state index is 11.6. The van der Waals surface area contributed by atoms with Crippen molar-refractivity contribution in [3.8, 4) is 11.5 Å². The fourth-order valence-corrected chi connectivity index (χ4v) is 1.64. The van der Waals surface area contributed by atoms with Crippen molar-refractivity contribution >= 4 is 11.6 Å². The molecule has 8 heteroatoms. The first-order valence-electron chi connectivity index (χ1n) is 6.21. The van der Waals surface area contributed by atoms with Crippen molar-refractivity contribution < 1.29 is 23.9 Å². The van der Waals surface area contributed by atoms with E-state index in [-0.39, 0.29) is 30.0 Å². The van der Waals surface area contributed by atoms with Crippen molar-refractivity contribution in [2.24, 2.45) is 0 Å². The molecule has 1 atom stereocenters. The van der Waals surface area contributed by atoms with E-state index in [1.807, 2.05) is 0 Å². The van der Waals surface area contributed by atoms with E-state index in [0.717, 1.165) is 0 Å². The molecule has 0 aliphatic carbocycles. The number of amides is 1. The molecular weight excluding hydrogens is 280 g/mol. The second-order valence-electron chi connectivity index (χ2n) is 4.30. The molecular formula is C13H18N2O6. The summed E-state index contributed by atoms with van der Waals surface area (Å²) in [6, 6.07) is 3.98. The molecule has 21 heavy (non-hydrogen) atoms. The van der Waals surface area contributed by atoms with Crippen molar-refractivity contribution in [1.82, 2.24) is 5.32 Å². The first-order valence-corrected chi connectivity index (χ1v) is 6.21. The first kappa shape index (κ1) is 16.7. The maximum absolute atomic E-state index is 11.6. The lowest BCUT2D eigenvalue weighted by Gasteiger charge is -2.13. The minimum atomic E-state index is -0.594. The van der Waals surface area contributed by atoms with Gasteiger partial charge < -0.3 is 19.5 Å². The fourth-order valence-electron chi connectivity index (χ4n) is 1.64. The van der Waals surface area contributed by atoms with Crippen LogP contribution in [0, 0.1) is 10.1 Å². The van der Waals surface area contributed by atoms with Gasteiger partial charge in [0.2, 0.25) is 0 Å². The van der Waals surface area contributed by atoms with Gasteiger partial charge in [0.15, 0.2) is 12.4 Å². The molecule has 8 nitrogen and oxygen atoms in total. The summed E-state index contributed by atoms with van der Waals surface area (Å²) < 4.78 is 15.0. The van der Waals surface area contributed by atoms with Crippen LogP contribution in [0.1, 0.15) is 6.92 Å². The highest BCUT2D eigenvalue weighted by molar-refractivity contribution is 5.78. The number of nitro benzene ring substituents is 1. The standard InChI is InChI=1S/C13H18N2O6/c1-9(7-19-2)14-13(16)8-21-12-5-4-10(20-3)6-11(12)15(17)18/h4-6,9H,7-8H2,1-3H3,(H,14,16).